The van der Waals surface area contributed by atoms with E-state index < -0.39 is 5.97 Å². The standard InChI is InChI=1S/C19H27NO3/c21-19(22)11-10-15-6-1-2-9-18(15)23-14-16-7-5-13-20-12-4-3-8-17(16)20/h1-2,6,9,16-17H,3-5,7-8,10-14H2,(H,21,22)/t16-,17+/m0/s1. The number of carboxylic acids is 1. The van der Waals surface area contributed by atoms with E-state index >= 15 is 0 Å². The first-order valence-electron chi connectivity index (χ1n) is 8.90. The summed E-state index contributed by atoms with van der Waals surface area (Å²) in [6, 6.07) is 8.55. The second-order valence-corrected chi connectivity index (χ2v) is 6.81. The highest BCUT2D eigenvalue weighted by Gasteiger charge is 2.33. The summed E-state index contributed by atoms with van der Waals surface area (Å²) in [6.45, 7) is 3.25. The van der Waals surface area contributed by atoms with Crippen LogP contribution < -0.4 is 4.74 Å². The molecule has 2 atom stereocenters. The van der Waals surface area contributed by atoms with Crippen LogP contribution in [0, 0.1) is 5.92 Å². The Morgan fingerprint density at radius 1 is 1.17 bits per heavy atom. The van der Waals surface area contributed by atoms with E-state index in [2.05, 4.69) is 4.90 Å². The molecule has 0 amide bonds. The smallest absolute Gasteiger partial charge is 0.303 e. The minimum atomic E-state index is -0.759. The number of benzene rings is 1. The van der Waals surface area contributed by atoms with Crippen LogP contribution in [0.15, 0.2) is 24.3 Å². The minimum Gasteiger partial charge on any atom is -0.493 e. The summed E-state index contributed by atoms with van der Waals surface area (Å²) in [5.41, 5.74) is 1.01. The molecule has 2 heterocycles. The Morgan fingerprint density at radius 3 is 2.87 bits per heavy atom. The molecule has 0 bridgehead atoms. The van der Waals surface area contributed by atoms with Gasteiger partial charge in [0, 0.05) is 18.4 Å². The van der Waals surface area contributed by atoms with Crippen LogP contribution >= 0.6 is 0 Å². The predicted octanol–water partition coefficient (Wildman–Crippen LogP) is 3.35. The lowest BCUT2D eigenvalue weighted by atomic mass is 9.84. The summed E-state index contributed by atoms with van der Waals surface area (Å²) in [4.78, 5) is 13.5. The van der Waals surface area contributed by atoms with Gasteiger partial charge in [-0.15, -0.1) is 0 Å². The number of hydrogen-bond donors (Lipinski definition) is 1. The van der Waals surface area contributed by atoms with Gasteiger partial charge in [0.1, 0.15) is 5.75 Å². The van der Waals surface area contributed by atoms with Crippen LogP contribution in [0.4, 0.5) is 0 Å². The number of rotatable bonds is 6. The van der Waals surface area contributed by atoms with Crippen LogP contribution in [0.3, 0.4) is 0 Å². The Kier molecular flexibility index (Phi) is 5.55. The van der Waals surface area contributed by atoms with Crippen molar-refractivity contribution in [2.24, 2.45) is 5.92 Å². The summed E-state index contributed by atoms with van der Waals surface area (Å²) >= 11 is 0. The molecule has 2 fully saturated rings. The number of carbonyl (C=O) groups is 1. The number of hydrogen-bond acceptors (Lipinski definition) is 3. The maximum Gasteiger partial charge on any atom is 0.303 e. The molecule has 2 saturated heterocycles. The Morgan fingerprint density at radius 2 is 2.00 bits per heavy atom. The molecule has 3 rings (SSSR count). The maximum absolute atomic E-state index is 10.8. The van der Waals surface area contributed by atoms with E-state index in [0.29, 0.717) is 18.4 Å². The molecule has 4 heteroatoms. The van der Waals surface area contributed by atoms with Crippen molar-refractivity contribution in [1.29, 1.82) is 0 Å². The maximum atomic E-state index is 10.8. The van der Waals surface area contributed by atoms with Gasteiger partial charge in [0.15, 0.2) is 0 Å². The molecule has 1 aromatic rings. The number of aliphatic carboxylic acids is 1. The number of para-hydroxylation sites is 1. The van der Waals surface area contributed by atoms with Crippen molar-refractivity contribution in [2.75, 3.05) is 19.7 Å². The largest absolute Gasteiger partial charge is 0.493 e. The van der Waals surface area contributed by atoms with Crippen molar-refractivity contribution in [3.8, 4) is 5.75 Å². The zero-order valence-corrected chi connectivity index (χ0v) is 13.7. The molecule has 1 N–H and O–H groups in total. The van der Waals surface area contributed by atoms with E-state index in [1.165, 1.54) is 45.2 Å². The van der Waals surface area contributed by atoms with Crippen molar-refractivity contribution in [3.05, 3.63) is 29.8 Å². The highest BCUT2D eigenvalue weighted by Crippen LogP contribution is 2.31. The average molecular weight is 317 g/mol. The summed E-state index contributed by atoms with van der Waals surface area (Å²) in [7, 11) is 0. The lowest BCUT2D eigenvalue weighted by molar-refractivity contribution is -0.136. The molecule has 2 aliphatic heterocycles. The van der Waals surface area contributed by atoms with Crippen molar-refractivity contribution in [2.45, 2.75) is 51.0 Å². The van der Waals surface area contributed by atoms with Crippen LogP contribution in [0.2, 0.25) is 0 Å². The van der Waals surface area contributed by atoms with E-state index in [9.17, 15) is 4.79 Å². The first kappa shape index (κ1) is 16.3. The van der Waals surface area contributed by atoms with Gasteiger partial charge in [-0.1, -0.05) is 24.6 Å². The summed E-state index contributed by atoms with van der Waals surface area (Å²) in [5.74, 6) is 0.711. The molecular formula is C19H27NO3. The second kappa shape index (κ2) is 7.82. The van der Waals surface area contributed by atoms with E-state index in [1.54, 1.807) is 0 Å². The molecule has 2 aliphatic rings. The number of ether oxygens (including phenoxy) is 1. The van der Waals surface area contributed by atoms with E-state index in [1.807, 2.05) is 24.3 Å². The fourth-order valence-corrected chi connectivity index (χ4v) is 4.06. The highest BCUT2D eigenvalue weighted by atomic mass is 16.5. The SMILES string of the molecule is O=C(O)CCc1ccccc1OC[C@@H]1CCCN2CCCC[C@H]12. The summed E-state index contributed by atoms with van der Waals surface area (Å²) < 4.78 is 6.14. The molecule has 1 aromatic carbocycles. The van der Waals surface area contributed by atoms with Crippen LogP contribution in [0.5, 0.6) is 5.75 Å². The van der Waals surface area contributed by atoms with Gasteiger partial charge in [-0.3, -0.25) is 9.69 Å². The number of carboxylic acid groups (broad SMARTS) is 1. The van der Waals surface area contributed by atoms with Gasteiger partial charge < -0.3 is 9.84 Å². The normalized spacial score (nSPS) is 24.9. The van der Waals surface area contributed by atoms with Gasteiger partial charge in [-0.05, 0) is 56.8 Å². The molecular weight excluding hydrogens is 290 g/mol. The van der Waals surface area contributed by atoms with Crippen molar-refractivity contribution >= 4 is 5.97 Å². The topological polar surface area (TPSA) is 49.8 Å². The Balaban J connectivity index is 1.60. The molecule has 126 valence electrons. The molecule has 0 radical (unpaired) electrons. The first-order chi connectivity index (χ1) is 11.2. The lowest BCUT2D eigenvalue weighted by Crippen LogP contribution is -2.49. The Hall–Kier alpha value is -1.55. The van der Waals surface area contributed by atoms with Gasteiger partial charge >= 0.3 is 5.97 Å². The Bertz CT molecular complexity index is 529. The van der Waals surface area contributed by atoms with Gasteiger partial charge in [0.2, 0.25) is 0 Å². The molecule has 4 nitrogen and oxygen atoms in total. The van der Waals surface area contributed by atoms with E-state index in [0.717, 1.165) is 17.9 Å². The van der Waals surface area contributed by atoms with Crippen LogP contribution in [-0.4, -0.2) is 41.7 Å². The summed E-state index contributed by atoms with van der Waals surface area (Å²) in [6.07, 6.45) is 7.18. The zero-order chi connectivity index (χ0) is 16.1. The molecule has 0 spiro atoms. The third kappa shape index (κ3) is 4.25. The number of aryl methyl sites for hydroxylation is 1. The zero-order valence-electron chi connectivity index (χ0n) is 13.7. The Labute approximate surface area is 138 Å². The van der Waals surface area contributed by atoms with Crippen molar-refractivity contribution in [1.82, 2.24) is 4.90 Å². The van der Waals surface area contributed by atoms with E-state index in [-0.39, 0.29) is 6.42 Å². The highest BCUT2D eigenvalue weighted by molar-refractivity contribution is 5.67. The third-order valence-electron chi connectivity index (χ3n) is 5.26. The number of fused-ring (bicyclic) bond motifs is 1. The number of piperidine rings is 2. The third-order valence-corrected chi connectivity index (χ3v) is 5.26. The van der Waals surface area contributed by atoms with E-state index in [4.69, 9.17) is 9.84 Å². The van der Waals surface area contributed by atoms with Crippen molar-refractivity contribution in [3.63, 3.8) is 0 Å². The quantitative estimate of drug-likeness (QED) is 0.874. The molecule has 0 saturated carbocycles. The van der Waals surface area contributed by atoms with Gasteiger partial charge in [-0.2, -0.15) is 0 Å². The molecule has 23 heavy (non-hydrogen) atoms. The monoisotopic (exact) mass is 317 g/mol. The first-order valence-corrected chi connectivity index (χ1v) is 8.90. The number of nitrogens with zero attached hydrogens (tertiary/aromatic N) is 1. The minimum absolute atomic E-state index is 0.153. The lowest BCUT2D eigenvalue weighted by Gasteiger charge is -2.44. The fraction of sp³-hybridized carbons (Fsp3) is 0.632. The van der Waals surface area contributed by atoms with Crippen LogP contribution in [0.25, 0.3) is 0 Å². The van der Waals surface area contributed by atoms with Gasteiger partial charge in [-0.25, -0.2) is 0 Å². The predicted molar refractivity (Wildman–Crippen MR) is 89.8 cm³/mol. The molecule has 0 aromatic heterocycles. The van der Waals surface area contributed by atoms with Crippen LogP contribution in [-0.2, 0) is 11.2 Å². The fourth-order valence-electron chi connectivity index (χ4n) is 4.06. The summed E-state index contributed by atoms with van der Waals surface area (Å²) in [5, 5.41) is 8.88. The molecule has 0 aliphatic carbocycles. The second-order valence-electron chi connectivity index (χ2n) is 6.81. The molecule has 0 unspecified atom stereocenters. The van der Waals surface area contributed by atoms with Gasteiger partial charge in [0.05, 0.1) is 6.61 Å². The average Bonchev–Trinajstić information content (AvgIpc) is 2.58. The van der Waals surface area contributed by atoms with Gasteiger partial charge in [0.25, 0.3) is 0 Å². The van der Waals surface area contributed by atoms with Crippen molar-refractivity contribution < 1.29 is 14.6 Å². The van der Waals surface area contributed by atoms with Crippen LogP contribution in [0.1, 0.15) is 44.1 Å².